The van der Waals surface area contributed by atoms with Crippen molar-refractivity contribution in [3.63, 3.8) is 0 Å². The molecule has 6 heteroatoms. The molecule has 1 aromatic heterocycles. The highest BCUT2D eigenvalue weighted by molar-refractivity contribution is 5.99. The van der Waals surface area contributed by atoms with Gasteiger partial charge in [0.25, 0.3) is 5.91 Å². The summed E-state index contributed by atoms with van der Waals surface area (Å²) in [4.78, 5) is 28.4. The van der Waals surface area contributed by atoms with Crippen LogP contribution in [0.4, 0.5) is 0 Å². The van der Waals surface area contributed by atoms with Crippen molar-refractivity contribution in [2.24, 2.45) is 0 Å². The number of amides is 1. The molecule has 0 spiro atoms. The van der Waals surface area contributed by atoms with Gasteiger partial charge >= 0.3 is 0 Å². The Hall–Kier alpha value is -3.90. The molecule has 32 heavy (non-hydrogen) atoms. The molecule has 4 aromatic rings. The number of hydrogen-bond acceptors (Lipinski definition) is 5. The molecule has 1 N–H and O–H groups in total. The fourth-order valence-corrected chi connectivity index (χ4v) is 4.28. The molecule has 2 atom stereocenters. The minimum absolute atomic E-state index is 0.00467. The fraction of sp³-hybridized carbons (Fsp3) is 0.154. The number of rotatable bonds is 5. The van der Waals surface area contributed by atoms with Gasteiger partial charge in [-0.3, -0.25) is 9.59 Å². The Labute approximate surface area is 184 Å². The summed E-state index contributed by atoms with van der Waals surface area (Å²) in [5, 5.41) is 11.3. The van der Waals surface area contributed by atoms with Crippen LogP contribution in [-0.2, 0) is 0 Å². The molecule has 1 aliphatic rings. The zero-order chi connectivity index (χ0) is 22.2. The third-order valence-corrected chi connectivity index (χ3v) is 5.84. The van der Waals surface area contributed by atoms with E-state index in [2.05, 4.69) is 0 Å². The van der Waals surface area contributed by atoms with Gasteiger partial charge in [0.05, 0.1) is 36.8 Å². The second-order valence-electron chi connectivity index (χ2n) is 7.73. The van der Waals surface area contributed by atoms with Crippen molar-refractivity contribution >= 4 is 16.9 Å². The number of para-hydroxylation sites is 1. The Bertz CT molecular complexity index is 1360. The third-order valence-electron chi connectivity index (χ3n) is 5.84. The summed E-state index contributed by atoms with van der Waals surface area (Å²) in [6, 6.07) is 22.6. The lowest BCUT2D eigenvalue weighted by Gasteiger charge is -2.27. The second-order valence-corrected chi connectivity index (χ2v) is 7.73. The van der Waals surface area contributed by atoms with E-state index in [-0.39, 0.29) is 23.3 Å². The van der Waals surface area contributed by atoms with E-state index in [1.165, 1.54) is 4.90 Å². The van der Waals surface area contributed by atoms with Gasteiger partial charge in [-0.1, -0.05) is 54.6 Å². The molecule has 2 heterocycles. The van der Waals surface area contributed by atoms with Gasteiger partial charge in [-0.25, -0.2) is 0 Å². The predicted octanol–water partition coefficient (Wildman–Crippen LogP) is 4.08. The maximum atomic E-state index is 13.5. The second kappa shape index (κ2) is 7.98. The van der Waals surface area contributed by atoms with Crippen molar-refractivity contribution in [1.29, 1.82) is 0 Å². The van der Waals surface area contributed by atoms with E-state index >= 15 is 0 Å². The van der Waals surface area contributed by atoms with Crippen LogP contribution < -0.4 is 10.2 Å². The third kappa shape index (κ3) is 3.25. The molecule has 0 saturated heterocycles. The van der Waals surface area contributed by atoms with Gasteiger partial charge in [0.15, 0.2) is 5.43 Å². The summed E-state index contributed by atoms with van der Waals surface area (Å²) < 4.78 is 11.3. The molecule has 160 valence electrons. The summed E-state index contributed by atoms with van der Waals surface area (Å²) >= 11 is 0. The smallest absolute Gasteiger partial charge is 0.291 e. The van der Waals surface area contributed by atoms with Gasteiger partial charge in [0, 0.05) is 0 Å². The number of fused-ring (bicyclic) bond motifs is 2. The number of ether oxygens (including phenoxy) is 1. The average Bonchev–Trinajstić information content (AvgIpc) is 3.11. The van der Waals surface area contributed by atoms with E-state index in [9.17, 15) is 14.7 Å². The Morgan fingerprint density at radius 3 is 2.53 bits per heavy atom. The van der Waals surface area contributed by atoms with Crippen LogP contribution in [0, 0.1) is 0 Å². The number of nitrogens with zero attached hydrogens (tertiary/aromatic N) is 1. The zero-order valence-electron chi connectivity index (χ0n) is 17.4. The first-order chi connectivity index (χ1) is 15.6. The first-order valence-electron chi connectivity index (χ1n) is 10.3. The Morgan fingerprint density at radius 1 is 1.00 bits per heavy atom. The van der Waals surface area contributed by atoms with E-state index in [1.54, 1.807) is 55.6 Å². The van der Waals surface area contributed by atoms with E-state index in [1.807, 2.05) is 30.3 Å². The summed E-state index contributed by atoms with van der Waals surface area (Å²) in [6.45, 7) is 0.00467. The van der Waals surface area contributed by atoms with Crippen LogP contribution in [0.15, 0.2) is 88.1 Å². The lowest BCUT2D eigenvalue weighted by molar-refractivity contribution is 0.0583. The van der Waals surface area contributed by atoms with Crippen molar-refractivity contribution in [3.05, 3.63) is 112 Å². The highest BCUT2D eigenvalue weighted by Crippen LogP contribution is 2.40. The van der Waals surface area contributed by atoms with Crippen LogP contribution in [0.3, 0.4) is 0 Å². The molecule has 0 unspecified atom stereocenters. The SMILES string of the molecule is COc1cccc([C@@H]2c3c(oc4ccccc4c3=O)C(=O)N2C[C@H](O)c2ccccc2)c1. The Morgan fingerprint density at radius 2 is 1.75 bits per heavy atom. The standard InChI is InChI=1S/C26H21NO5/c1-31-18-11-7-10-17(14-18)23-22-24(29)19-12-5-6-13-21(19)32-25(22)26(30)27(23)15-20(28)16-8-3-2-4-9-16/h2-14,20,23,28H,15H2,1H3/t20-,23+/m0/s1. The highest BCUT2D eigenvalue weighted by Gasteiger charge is 2.43. The molecule has 0 aliphatic carbocycles. The molecule has 5 rings (SSSR count). The average molecular weight is 427 g/mol. The monoisotopic (exact) mass is 427 g/mol. The first-order valence-corrected chi connectivity index (χ1v) is 10.3. The summed E-state index contributed by atoms with van der Waals surface area (Å²) in [5.74, 6) is 0.199. The molecular formula is C26H21NO5. The quantitative estimate of drug-likeness (QED) is 0.519. The molecular weight excluding hydrogens is 406 g/mol. The maximum absolute atomic E-state index is 13.5. The topological polar surface area (TPSA) is 80.0 Å². The van der Waals surface area contributed by atoms with Gasteiger partial charge in [-0.05, 0) is 35.4 Å². The number of benzene rings is 3. The maximum Gasteiger partial charge on any atom is 0.291 e. The van der Waals surface area contributed by atoms with Crippen molar-refractivity contribution in [3.8, 4) is 5.75 Å². The van der Waals surface area contributed by atoms with Gasteiger partial charge in [0.1, 0.15) is 11.3 Å². The van der Waals surface area contributed by atoms with E-state index in [0.717, 1.165) is 0 Å². The Kier molecular flexibility index (Phi) is 4.99. The summed E-state index contributed by atoms with van der Waals surface area (Å²) in [5.41, 5.74) is 1.78. The van der Waals surface area contributed by atoms with Crippen LogP contribution in [0.25, 0.3) is 11.0 Å². The lowest BCUT2D eigenvalue weighted by atomic mass is 9.98. The van der Waals surface area contributed by atoms with Crippen molar-refractivity contribution in [2.45, 2.75) is 12.1 Å². The zero-order valence-corrected chi connectivity index (χ0v) is 17.4. The van der Waals surface area contributed by atoms with Crippen LogP contribution in [0.2, 0.25) is 0 Å². The molecule has 3 aromatic carbocycles. The molecule has 0 bridgehead atoms. The minimum atomic E-state index is -0.924. The van der Waals surface area contributed by atoms with Crippen LogP contribution in [0.5, 0.6) is 5.75 Å². The number of carbonyl (C=O) groups excluding carboxylic acids is 1. The number of β-amino-alcohol motifs (C(OH)–C–C–N with tert-alkyl or cyclic N) is 1. The van der Waals surface area contributed by atoms with E-state index in [4.69, 9.17) is 9.15 Å². The van der Waals surface area contributed by atoms with Crippen molar-refractivity contribution in [2.75, 3.05) is 13.7 Å². The van der Waals surface area contributed by atoms with E-state index in [0.29, 0.717) is 27.8 Å². The lowest BCUT2D eigenvalue weighted by Crippen LogP contribution is -2.33. The van der Waals surface area contributed by atoms with Gasteiger partial charge in [0.2, 0.25) is 5.76 Å². The molecule has 0 fully saturated rings. The van der Waals surface area contributed by atoms with Crippen molar-refractivity contribution < 1.29 is 19.1 Å². The van der Waals surface area contributed by atoms with Crippen LogP contribution in [0.1, 0.15) is 39.4 Å². The van der Waals surface area contributed by atoms with Crippen LogP contribution in [-0.4, -0.2) is 29.6 Å². The first kappa shape index (κ1) is 20.0. The highest BCUT2D eigenvalue weighted by atomic mass is 16.5. The summed E-state index contributed by atoms with van der Waals surface area (Å²) in [6.07, 6.45) is -0.924. The van der Waals surface area contributed by atoms with Gasteiger partial charge < -0.3 is 19.2 Å². The number of hydrogen-bond donors (Lipinski definition) is 1. The van der Waals surface area contributed by atoms with Crippen molar-refractivity contribution in [1.82, 2.24) is 4.90 Å². The molecule has 1 amide bonds. The Balaban J connectivity index is 1.68. The largest absolute Gasteiger partial charge is 0.497 e. The number of methoxy groups -OCH3 is 1. The number of aliphatic hydroxyl groups is 1. The van der Waals surface area contributed by atoms with Crippen LogP contribution >= 0.6 is 0 Å². The fourth-order valence-electron chi connectivity index (χ4n) is 4.28. The normalized spacial score (nSPS) is 16.2. The van der Waals surface area contributed by atoms with Gasteiger partial charge in [-0.15, -0.1) is 0 Å². The van der Waals surface area contributed by atoms with E-state index < -0.39 is 18.1 Å². The minimum Gasteiger partial charge on any atom is -0.497 e. The summed E-state index contributed by atoms with van der Waals surface area (Å²) in [7, 11) is 1.56. The number of aliphatic hydroxyl groups excluding tert-OH is 1. The molecule has 0 saturated carbocycles. The number of carbonyl (C=O) groups is 1. The molecule has 0 radical (unpaired) electrons. The molecule has 6 nitrogen and oxygen atoms in total. The predicted molar refractivity (Wildman–Crippen MR) is 120 cm³/mol. The molecule has 1 aliphatic heterocycles. The van der Waals surface area contributed by atoms with Gasteiger partial charge in [-0.2, -0.15) is 0 Å².